The zero-order valence-corrected chi connectivity index (χ0v) is 18.0. The van der Waals surface area contributed by atoms with Gasteiger partial charge in [0.05, 0.1) is 5.52 Å². The van der Waals surface area contributed by atoms with Gasteiger partial charge in [-0.1, -0.05) is 0 Å². The van der Waals surface area contributed by atoms with Gasteiger partial charge in [-0.05, 0) is 49.9 Å². The molecule has 0 aliphatic heterocycles. The minimum absolute atomic E-state index is 0.0206. The van der Waals surface area contributed by atoms with Gasteiger partial charge in [0.1, 0.15) is 0 Å². The Labute approximate surface area is 178 Å². The minimum Gasteiger partial charge on any atom is -0.425 e. The first-order valence-corrected chi connectivity index (χ1v) is 12.6. The maximum Gasteiger partial charge on any atom is 0.220 e. The molecule has 6 nitrogen and oxygen atoms in total. The fourth-order valence-electron chi connectivity index (χ4n) is 3.28. The first-order valence-electron chi connectivity index (χ1n) is 9.27. The van der Waals surface area contributed by atoms with Crippen molar-refractivity contribution in [3.05, 3.63) is 47.9 Å². The summed E-state index contributed by atoms with van der Waals surface area (Å²) in [6.45, 7) is 0. The third-order valence-electron chi connectivity index (χ3n) is 5.18. The standard InChI is InChI=1S/C20H18IN5OS/c21-28-26-10-15(20-24-8-7-16(25-20)11-1-2-11)14-9-13(5-6-17(14)26)19(23)27-18(22)12-3-4-12/h5-12,22-23H,1-4H2. The molecule has 0 radical (unpaired) electrons. The molecule has 0 atom stereocenters. The molecular weight excluding hydrogens is 485 g/mol. The van der Waals surface area contributed by atoms with Crippen molar-refractivity contribution in [1.29, 1.82) is 10.8 Å². The van der Waals surface area contributed by atoms with Gasteiger partial charge >= 0.3 is 0 Å². The third kappa shape index (κ3) is 3.43. The molecule has 2 aliphatic rings. The van der Waals surface area contributed by atoms with E-state index in [9.17, 15) is 0 Å². The second-order valence-corrected chi connectivity index (χ2v) is 9.03. The Balaban J connectivity index is 1.55. The highest BCUT2D eigenvalue weighted by Gasteiger charge is 2.29. The maximum absolute atomic E-state index is 8.27. The monoisotopic (exact) mass is 503 g/mol. The predicted molar refractivity (Wildman–Crippen MR) is 120 cm³/mol. The first kappa shape index (κ1) is 18.1. The lowest BCUT2D eigenvalue weighted by Gasteiger charge is -2.08. The molecule has 0 bridgehead atoms. The smallest absolute Gasteiger partial charge is 0.220 e. The van der Waals surface area contributed by atoms with Crippen LogP contribution in [0.2, 0.25) is 0 Å². The number of hydrogen-bond donors (Lipinski definition) is 2. The lowest BCUT2D eigenvalue weighted by molar-refractivity contribution is 0.512. The van der Waals surface area contributed by atoms with Crippen LogP contribution < -0.4 is 0 Å². The zero-order chi connectivity index (χ0) is 19.3. The van der Waals surface area contributed by atoms with Gasteiger partial charge in [-0.15, -0.1) is 0 Å². The molecule has 2 fully saturated rings. The van der Waals surface area contributed by atoms with Crippen LogP contribution in [0.15, 0.2) is 36.7 Å². The molecule has 8 heteroatoms. The molecule has 142 valence electrons. The summed E-state index contributed by atoms with van der Waals surface area (Å²) in [7, 11) is 1.59. The van der Waals surface area contributed by atoms with Crippen LogP contribution in [0.4, 0.5) is 0 Å². The summed E-state index contributed by atoms with van der Waals surface area (Å²) >= 11 is 2.26. The van der Waals surface area contributed by atoms with E-state index < -0.39 is 0 Å². The quantitative estimate of drug-likeness (QED) is 0.272. The Morgan fingerprint density at radius 2 is 2.00 bits per heavy atom. The number of benzene rings is 1. The van der Waals surface area contributed by atoms with Gasteiger partial charge in [-0.25, -0.2) is 9.97 Å². The molecule has 2 N–H and O–H groups in total. The fraction of sp³-hybridized carbons (Fsp3) is 0.300. The summed E-state index contributed by atoms with van der Waals surface area (Å²) in [5.74, 6) is 1.70. The van der Waals surface area contributed by atoms with E-state index in [0.717, 1.165) is 35.0 Å². The number of halogens is 1. The number of rotatable bonds is 5. The van der Waals surface area contributed by atoms with Crippen molar-refractivity contribution in [2.75, 3.05) is 0 Å². The van der Waals surface area contributed by atoms with Crippen molar-refractivity contribution in [3.8, 4) is 11.4 Å². The fourth-order valence-corrected chi connectivity index (χ4v) is 4.64. The van der Waals surface area contributed by atoms with Gasteiger partial charge in [0.25, 0.3) is 0 Å². The molecule has 2 aliphatic carbocycles. The maximum atomic E-state index is 8.27. The summed E-state index contributed by atoms with van der Waals surface area (Å²) in [5, 5.41) is 17.2. The van der Waals surface area contributed by atoms with Crippen LogP contribution in [-0.4, -0.2) is 25.7 Å². The van der Waals surface area contributed by atoms with Crippen LogP contribution in [0.5, 0.6) is 0 Å². The highest BCUT2D eigenvalue weighted by molar-refractivity contribution is 14.2. The number of fused-ring (bicyclic) bond motifs is 1. The van der Waals surface area contributed by atoms with Crippen LogP contribution in [0, 0.1) is 16.7 Å². The van der Waals surface area contributed by atoms with E-state index in [2.05, 4.69) is 30.2 Å². The van der Waals surface area contributed by atoms with Gasteiger partial charge in [-0.3, -0.25) is 14.8 Å². The van der Waals surface area contributed by atoms with Crippen molar-refractivity contribution < 1.29 is 4.74 Å². The van der Waals surface area contributed by atoms with Gasteiger partial charge in [0, 0.05) is 76.8 Å². The molecule has 2 heterocycles. The molecule has 2 saturated carbocycles. The van der Waals surface area contributed by atoms with E-state index >= 15 is 0 Å². The number of hydrogen-bond acceptors (Lipinski definition) is 6. The van der Waals surface area contributed by atoms with E-state index in [1.165, 1.54) is 12.8 Å². The van der Waals surface area contributed by atoms with Crippen LogP contribution in [0.1, 0.15) is 42.9 Å². The predicted octanol–water partition coefficient (Wildman–Crippen LogP) is 5.55. The van der Waals surface area contributed by atoms with Crippen LogP contribution in [-0.2, 0) is 4.74 Å². The number of nitrogens with zero attached hydrogens (tertiary/aromatic N) is 3. The van der Waals surface area contributed by atoms with Gasteiger partial charge in [0.2, 0.25) is 5.90 Å². The minimum atomic E-state index is 0.0206. The highest BCUT2D eigenvalue weighted by atomic mass is 127. The zero-order valence-electron chi connectivity index (χ0n) is 15.0. The second-order valence-electron chi connectivity index (χ2n) is 7.32. The van der Waals surface area contributed by atoms with Crippen molar-refractivity contribution in [2.24, 2.45) is 5.92 Å². The SMILES string of the molecule is N=C(OC(=N)C1CC1)c1ccc2c(c1)c(-c1nccc(C3CC3)n1)cn2SI. The van der Waals surface area contributed by atoms with E-state index in [-0.39, 0.29) is 17.7 Å². The largest absolute Gasteiger partial charge is 0.425 e. The van der Waals surface area contributed by atoms with Crippen molar-refractivity contribution in [1.82, 2.24) is 13.9 Å². The van der Waals surface area contributed by atoms with Gasteiger partial charge in [0.15, 0.2) is 11.7 Å². The number of aromatic nitrogens is 3. The van der Waals surface area contributed by atoms with E-state index in [4.69, 9.17) is 20.5 Å². The van der Waals surface area contributed by atoms with Crippen LogP contribution >= 0.6 is 30.3 Å². The normalized spacial score (nSPS) is 16.3. The number of nitrogens with one attached hydrogen (secondary N) is 2. The van der Waals surface area contributed by atoms with Crippen LogP contribution in [0.25, 0.3) is 22.3 Å². The highest BCUT2D eigenvalue weighted by Crippen LogP contribution is 2.40. The molecular formula is C20H18IN5OS. The van der Waals surface area contributed by atoms with Crippen molar-refractivity contribution in [2.45, 2.75) is 31.6 Å². The summed E-state index contributed by atoms with van der Waals surface area (Å²) < 4.78 is 7.55. The van der Waals surface area contributed by atoms with Crippen molar-refractivity contribution >= 4 is 53.0 Å². The Bertz CT molecular complexity index is 1100. The lowest BCUT2D eigenvalue weighted by atomic mass is 10.1. The average Bonchev–Trinajstić information content (AvgIpc) is 3.62. The van der Waals surface area contributed by atoms with E-state index in [1.807, 2.05) is 36.7 Å². The summed E-state index contributed by atoms with van der Waals surface area (Å²) in [4.78, 5) is 9.32. The Kier molecular flexibility index (Phi) is 4.62. The summed E-state index contributed by atoms with van der Waals surface area (Å²) in [5.41, 5.74) is 3.77. The molecule has 28 heavy (non-hydrogen) atoms. The molecule has 0 saturated heterocycles. The molecule has 3 aromatic rings. The molecule has 0 spiro atoms. The topological polar surface area (TPSA) is 87.6 Å². The van der Waals surface area contributed by atoms with Crippen molar-refractivity contribution in [3.63, 3.8) is 0 Å². The Morgan fingerprint density at radius 1 is 1.18 bits per heavy atom. The molecule has 5 rings (SSSR count). The molecule has 1 aromatic carbocycles. The number of ether oxygens (including phenoxy) is 1. The summed E-state index contributed by atoms with van der Waals surface area (Å²) in [6, 6.07) is 7.82. The summed E-state index contributed by atoms with van der Waals surface area (Å²) in [6.07, 6.45) is 8.26. The van der Waals surface area contributed by atoms with Crippen LogP contribution in [0.3, 0.4) is 0 Å². The lowest BCUT2D eigenvalue weighted by Crippen LogP contribution is -2.13. The molecule has 0 amide bonds. The average molecular weight is 503 g/mol. The second kappa shape index (κ2) is 7.14. The Morgan fingerprint density at radius 3 is 2.71 bits per heavy atom. The van der Waals surface area contributed by atoms with E-state index in [0.29, 0.717) is 17.3 Å². The third-order valence-corrected chi connectivity index (χ3v) is 6.90. The van der Waals surface area contributed by atoms with E-state index in [1.54, 1.807) is 9.12 Å². The molecule has 2 aromatic heterocycles. The Hall–Kier alpha value is -1.94. The first-order chi connectivity index (χ1) is 13.6. The van der Waals surface area contributed by atoms with Gasteiger partial charge in [-0.2, -0.15) is 0 Å². The molecule has 0 unspecified atom stereocenters. The van der Waals surface area contributed by atoms with Gasteiger partial charge < -0.3 is 4.74 Å².